The SMILES string of the molecule is CO[P](C)=O. The first kappa shape index (κ1) is 5.06. The van der Waals surface area contributed by atoms with E-state index in [2.05, 4.69) is 4.52 Å². The summed E-state index contributed by atoms with van der Waals surface area (Å²) >= 11 is 0. The van der Waals surface area contributed by atoms with Gasteiger partial charge in [-0.15, -0.1) is 0 Å². The normalized spacial score (nSPS) is 11.2. The molecular formula is C2H6O2P. The molecule has 2 nitrogen and oxygen atoms in total. The standard InChI is InChI=1S/C2H6O2P/c1-4-5(2)3/h1-2H3. The average molecular weight is 93.0 g/mol. The molecule has 0 spiro atoms. The van der Waals surface area contributed by atoms with Crippen molar-refractivity contribution in [3.63, 3.8) is 0 Å². The molecule has 3 heteroatoms. The zero-order valence-corrected chi connectivity index (χ0v) is 4.16. The Morgan fingerprint density at radius 3 is 2.00 bits per heavy atom. The first-order valence-corrected chi connectivity index (χ1v) is 2.85. The molecule has 0 rings (SSSR count). The van der Waals surface area contributed by atoms with E-state index in [0.29, 0.717) is 0 Å². The Hall–Kier alpha value is 0.0600. The summed E-state index contributed by atoms with van der Waals surface area (Å²) < 4.78 is 14.0. The van der Waals surface area contributed by atoms with E-state index >= 15 is 0 Å². The van der Waals surface area contributed by atoms with E-state index in [9.17, 15) is 4.57 Å². The highest BCUT2D eigenvalue weighted by Gasteiger charge is 1.74. The van der Waals surface area contributed by atoms with Crippen molar-refractivity contribution in [2.45, 2.75) is 0 Å². The molecule has 0 amide bonds. The van der Waals surface area contributed by atoms with E-state index in [1.165, 1.54) is 13.8 Å². The highest BCUT2D eigenvalue weighted by molar-refractivity contribution is 7.38. The van der Waals surface area contributed by atoms with Crippen molar-refractivity contribution in [1.29, 1.82) is 0 Å². The van der Waals surface area contributed by atoms with Gasteiger partial charge in [0.25, 0.3) is 0 Å². The Morgan fingerprint density at radius 2 is 2.00 bits per heavy atom. The van der Waals surface area contributed by atoms with Gasteiger partial charge in [0, 0.05) is 13.8 Å². The molecule has 0 saturated carbocycles. The molecule has 0 aromatic rings. The fourth-order valence-corrected chi connectivity index (χ4v) is 0. The molecule has 0 aliphatic heterocycles. The van der Waals surface area contributed by atoms with Gasteiger partial charge in [0.1, 0.15) is 0 Å². The molecule has 1 radical (unpaired) electrons. The van der Waals surface area contributed by atoms with Gasteiger partial charge in [-0.25, -0.2) is 0 Å². The molecule has 0 aromatic heterocycles. The zero-order valence-electron chi connectivity index (χ0n) is 3.26. The Morgan fingerprint density at radius 1 is 1.80 bits per heavy atom. The minimum absolute atomic E-state index is 1.35. The summed E-state index contributed by atoms with van der Waals surface area (Å²) in [4.78, 5) is 0. The van der Waals surface area contributed by atoms with Crippen molar-refractivity contribution in [1.82, 2.24) is 0 Å². The molecule has 1 atom stereocenters. The van der Waals surface area contributed by atoms with Gasteiger partial charge in [-0.3, -0.25) is 4.57 Å². The van der Waals surface area contributed by atoms with Crippen LogP contribution in [0.2, 0.25) is 0 Å². The van der Waals surface area contributed by atoms with Crippen LogP contribution in [0.5, 0.6) is 0 Å². The third-order valence-electron chi connectivity index (χ3n) is 0.257. The molecule has 0 fully saturated rings. The Bertz CT molecular complexity index is 42.9. The lowest BCUT2D eigenvalue weighted by Crippen LogP contribution is -1.56. The summed E-state index contributed by atoms with van der Waals surface area (Å²) in [7, 11) is 0.0671. The fraction of sp³-hybridized carbons (Fsp3) is 1.00. The zero-order chi connectivity index (χ0) is 4.28. The summed E-state index contributed by atoms with van der Waals surface area (Å²) in [5, 5.41) is 0. The highest BCUT2D eigenvalue weighted by Crippen LogP contribution is 2.10. The Kier molecular flexibility index (Phi) is 2.33. The lowest BCUT2D eigenvalue weighted by molar-refractivity contribution is 0.419. The first-order valence-electron chi connectivity index (χ1n) is 1.22. The van der Waals surface area contributed by atoms with Gasteiger partial charge in [0.15, 0.2) is 0 Å². The van der Waals surface area contributed by atoms with Crippen molar-refractivity contribution >= 4 is 8.03 Å². The summed E-state index contributed by atoms with van der Waals surface area (Å²) in [6.07, 6.45) is 0. The molecule has 0 aromatic carbocycles. The van der Waals surface area contributed by atoms with E-state index in [0.717, 1.165) is 0 Å². The van der Waals surface area contributed by atoms with Crippen LogP contribution < -0.4 is 0 Å². The first-order chi connectivity index (χ1) is 2.27. The van der Waals surface area contributed by atoms with Crippen LogP contribution in [0.1, 0.15) is 0 Å². The van der Waals surface area contributed by atoms with Crippen molar-refractivity contribution < 1.29 is 9.09 Å². The van der Waals surface area contributed by atoms with Crippen molar-refractivity contribution in [3.05, 3.63) is 0 Å². The van der Waals surface area contributed by atoms with Gasteiger partial charge >= 0.3 is 0 Å². The maximum absolute atomic E-state index is 9.74. The van der Waals surface area contributed by atoms with E-state index in [-0.39, 0.29) is 0 Å². The van der Waals surface area contributed by atoms with E-state index < -0.39 is 8.03 Å². The lowest BCUT2D eigenvalue weighted by atomic mass is 11.8. The van der Waals surface area contributed by atoms with E-state index in [1.54, 1.807) is 0 Å². The van der Waals surface area contributed by atoms with Gasteiger partial charge in [0.05, 0.1) is 0 Å². The lowest BCUT2D eigenvalue weighted by Gasteiger charge is -1.77. The highest BCUT2D eigenvalue weighted by atomic mass is 31.1. The summed E-state index contributed by atoms with van der Waals surface area (Å²) in [5.41, 5.74) is 0. The maximum atomic E-state index is 9.74. The third-order valence-corrected chi connectivity index (χ3v) is 0.771. The summed E-state index contributed by atoms with van der Waals surface area (Å²) in [6.45, 7) is 1.51. The Balaban J connectivity index is 2.85. The van der Waals surface area contributed by atoms with Gasteiger partial charge in [-0.2, -0.15) is 0 Å². The predicted molar refractivity (Wildman–Crippen MR) is 20.5 cm³/mol. The number of hydrogen-bond acceptors (Lipinski definition) is 2. The van der Waals surface area contributed by atoms with Crippen LogP contribution in [0.3, 0.4) is 0 Å². The number of hydrogen-bond donors (Lipinski definition) is 0. The topological polar surface area (TPSA) is 26.3 Å². The summed E-state index contributed by atoms with van der Waals surface area (Å²) in [5.74, 6) is 0. The molecule has 0 aliphatic rings. The van der Waals surface area contributed by atoms with E-state index in [4.69, 9.17) is 0 Å². The van der Waals surface area contributed by atoms with Gasteiger partial charge in [0.2, 0.25) is 8.03 Å². The van der Waals surface area contributed by atoms with Gasteiger partial charge < -0.3 is 4.52 Å². The van der Waals surface area contributed by atoms with Gasteiger partial charge in [-0.05, 0) is 0 Å². The van der Waals surface area contributed by atoms with Crippen LogP contribution >= 0.6 is 8.03 Å². The maximum Gasteiger partial charge on any atom is 0.208 e. The van der Waals surface area contributed by atoms with Crippen molar-refractivity contribution in [2.75, 3.05) is 13.8 Å². The second kappa shape index (κ2) is 2.31. The molecular weight excluding hydrogens is 87.0 g/mol. The summed E-state index contributed by atoms with van der Waals surface area (Å²) in [6, 6.07) is 0. The predicted octanol–water partition coefficient (Wildman–Crippen LogP) is 1.00. The molecule has 1 unspecified atom stereocenters. The van der Waals surface area contributed by atoms with Crippen LogP contribution in [0.15, 0.2) is 0 Å². The molecule has 5 heavy (non-hydrogen) atoms. The van der Waals surface area contributed by atoms with Crippen LogP contribution in [0.4, 0.5) is 0 Å². The monoisotopic (exact) mass is 93.0 g/mol. The fourth-order valence-electron chi connectivity index (χ4n) is 0. The molecule has 0 heterocycles. The third kappa shape index (κ3) is 4.06. The Labute approximate surface area is 32.0 Å². The minimum Gasteiger partial charge on any atom is -0.308 e. The van der Waals surface area contributed by atoms with Crippen molar-refractivity contribution in [3.8, 4) is 0 Å². The molecule has 0 aliphatic carbocycles. The molecule has 0 saturated heterocycles. The van der Waals surface area contributed by atoms with Crippen molar-refractivity contribution in [2.24, 2.45) is 0 Å². The van der Waals surface area contributed by atoms with E-state index in [1.807, 2.05) is 0 Å². The average Bonchev–Trinajstić information content (AvgIpc) is 1.38. The molecule has 0 bridgehead atoms. The molecule has 31 valence electrons. The van der Waals surface area contributed by atoms with Crippen LogP contribution in [0, 0.1) is 0 Å². The van der Waals surface area contributed by atoms with Crippen LogP contribution in [-0.2, 0) is 9.09 Å². The smallest absolute Gasteiger partial charge is 0.208 e. The number of rotatable bonds is 1. The minimum atomic E-state index is -1.35. The molecule has 0 N–H and O–H groups in total. The quantitative estimate of drug-likeness (QED) is 0.452. The van der Waals surface area contributed by atoms with Crippen LogP contribution in [-0.4, -0.2) is 13.8 Å². The van der Waals surface area contributed by atoms with Crippen LogP contribution in [0.25, 0.3) is 0 Å². The second-order valence-corrected chi connectivity index (χ2v) is 1.87. The largest absolute Gasteiger partial charge is 0.308 e. The second-order valence-electron chi connectivity index (χ2n) is 0.622. The van der Waals surface area contributed by atoms with Gasteiger partial charge in [-0.1, -0.05) is 0 Å².